The molecule has 20 heavy (non-hydrogen) atoms. The van der Waals surface area contributed by atoms with E-state index in [9.17, 15) is 4.79 Å². The van der Waals surface area contributed by atoms with Gasteiger partial charge in [-0.1, -0.05) is 54.6 Å². The molecule has 4 N–H and O–H groups in total. The molecule has 4 heteroatoms. The van der Waals surface area contributed by atoms with Gasteiger partial charge in [-0.15, -0.1) is 0 Å². The van der Waals surface area contributed by atoms with Crippen LogP contribution in [0, 0.1) is 0 Å². The summed E-state index contributed by atoms with van der Waals surface area (Å²) < 4.78 is 0. The third-order valence-electron chi connectivity index (χ3n) is 3.46. The maximum atomic E-state index is 12.1. The third kappa shape index (κ3) is 2.05. The van der Waals surface area contributed by atoms with Crippen molar-refractivity contribution in [2.75, 3.05) is 0 Å². The van der Waals surface area contributed by atoms with E-state index in [1.54, 1.807) is 0 Å². The second-order valence-corrected chi connectivity index (χ2v) is 4.76. The van der Waals surface area contributed by atoms with Crippen molar-refractivity contribution in [1.82, 2.24) is 0 Å². The van der Waals surface area contributed by atoms with Gasteiger partial charge in [0.05, 0.1) is 11.8 Å². The Labute approximate surface area is 117 Å². The number of hydrogen-bond acceptors (Lipinski definition) is 4. The van der Waals surface area contributed by atoms with Crippen molar-refractivity contribution < 1.29 is 4.79 Å². The van der Waals surface area contributed by atoms with Crippen molar-refractivity contribution in [1.29, 1.82) is 0 Å². The highest BCUT2D eigenvalue weighted by atomic mass is 16.1. The van der Waals surface area contributed by atoms with Gasteiger partial charge in [0.15, 0.2) is 11.9 Å². The number of carbonyl (C=O) groups is 1. The lowest BCUT2D eigenvalue weighted by atomic mass is 9.93. The molecule has 0 spiro atoms. The van der Waals surface area contributed by atoms with E-state index in [1.165, 1.54) is 0 Å². The molecule has 0 bridgehead atoms. The van der Waals surface area contributed by atoms with Gasteiger partial charge in [0, 0.05) is 11.1 Å². The molecule has 0 saturated carbocycles. The fourth-order valence-corrected chi connectivity index (χ4v) is 2.42. The van der Waals surface area contributed by atoms with Crippen LogP contribution in [-0.2, 0) is 4.79 Å². The standard InChI is InChI=1S/C16H15N3O/c17-13-11-8-4-5-9-12(11)14(19-16(18)15(13)20)10-6-2-1-3-7-10/h1-9,13,16H,17-18H2/t13?,16-/m0/s1. The zero-order valence-corrected chi connectivity index (χ0v) is 10.9. The smallest absolute Gasteiger partial charge is 0.192 e. The van der Waals surface area contributed by atoms with Crippen LogP contribution in [0.4, 0.5) is 0 Å². The summed E-state index contributed by atoms with van der Waals surface area (Å²) in [5.41, 5.74) is 15.2. The lowest BCUT2D eigenvalue weighted by molar-refractivity contribution is -0.121. The Morgan fingerprint density at radius 1 is 0.900 bits per heavy atom. The van der Waals surface area contributed by atoms with Crippen LogP contribution < -0.4 is 11.5 Å². The first-order valence-corrected chi connectivity index (χ1v) is 6.46. The van der Waals surface area contributed by atoms with Crippen LogP contribution in [0.1, 0.15) is 22.7 Å². The predicted molar refractivity (Wildman–Crippen MR) is 78.4 cm³/mol. The van der Waals surface area contributed by atoms with E-state index in [0.29, 0.717) is 0 Å². The largest absolute Gasteiger partial charge is 0.318 e. The fourth-order valence-electron chi connectivity index (χ4n) is 2.42. The minimum absolute atomic E-state index is 0.261. The maximum absolute atomic E-state index is 12.1. The van der Waals surface area contributed by atoms with Gasteiger partial charge < -0.3 is 11.5 Å². The molecule has 1 heterocycles. The van der Waals surface area contributed by atoms with Gasteiger partial charge in [0.25, 0.3) is 0 Å². The molecule has 1 aliphatic heterocycles. The summed E-state index contributed by atoms with van der Waals surface area (Å²) in [5.74, 6) is -0.261. The monoisotopic (exact) mass is 265 g/mol. The molecule has 2 aromatic carbocycles. The Balaban J connectivity index is 2.24. The quantitative estimate of drug-likeness (QED) is 0.817. The van der Waals surface area contributed by atoms with Crippen molar-refractivity contribution in [3.8, 4) is 0 Å². The highest BCUT2D eigenvalue weighted by Gasteiger charge is 2.29. The normalized spacial score (nSPS) is 21.9. The molecule has 100 valence electrons. The number of Topliss-reactive ketones (excluding diaryl/α,β-unsaturated/α-hetero) is 1. The van der Waals surface area contributed by atoms with E-state index < -0.39 is 12.2 Å². The van der Waals surface area contributed by atoms with E-state index in [1.807, 2.05) is 54.6 Å². The number of hydrogen-bond donors (Lipinski definition) is 2. The second kappa shape index (κ2) is 5.00. The lowest BCUT2D eigenvalue weighted by Crippen LogP contribution is -2.35. The Hall–Kier alpha value is -2.30. The number of benzene rings is 2. The molecule has 0 saturated heterocycles. The SMILES string of the molecule is NC1C(=O)[C@@H](N)N=C(c2ccccc2)c2ccccc21. The van der Waals surface area contributed by atoms with Crippen molar-refractivity contribution in [3.63, 3.8) is 0 Å². The summed E-state index contributed by atoms with van der Waals surface area (Å²) in [6.07, 6.45) is -0.924. The summed E-state index contributed by atoms with van der Waals surface area (Å²) in [6, 6.07) is 16.5. The van der Waals surface area contributed by atoms with Crippen molar-refractivity contribution in [3.05, 3.63) is 71.3 Å². The summed E-state index contributed by atoms with van der Waals surface area (Å²) in [6.45, 7) is 0. The molecular weight excluding hydrogens is 250 g/mol. The fraction of sp³-hybridized carbons (Fsp3) is 0.125. The Bertz CT molecular complexity index is 679. The topological polar surface area (TPSA) is 81.5 Å². The van der Waals surface area contributed by atoms with Gasteiger partial charge in [0.2, 0.25) is 0 Å². The van der Waals surface area contributed by atoms with Crippen LogP contribution in [-0.4, -0.2) is 17.7 Å². The average molecular weight is 265 g/mol. The van der Waals surface area contributed by atoms with E-state index in [4.69, 9.17) is 11.5 Å². The molecule has 0 radical (unpaired) electrons. The zero-order valence-electron chi connectivity index (χ0n) is 10.9. The first-order valence-electron chi connectivity index (χ1n) is 6.46. The summed E-state index contributed by atoms with van der Waals surface area (Å²) in [4.78, 5) is 16.5. The first-order chi connectivity index (χ1) is 9.68. The van der Waals surface area contributed by atoms with Gasteiger partial charge >= 0.3 is 0 Å². The molecule has 3 rings (SSSR count). The van der Waals surface area contributed by atoms with Gasteiger partial charge in [-0.05, 0) is 5.56 Å². The van der Waals surface area contributed by atoms with Crippen LogP contribution in [0.15, 0.2) is 59.6 Å². The predicted octanol–water partition coefficient (Wildman–Crippen LogP) is 1.39. The molecule has 0 aliphatic carbocycles. The number of carbonyl (C=O) groups excluding carboxylic acids is 1. The molecule has 2 aromatic rings. The molecule has 4 nitrogen and oxygen atoms in total. The van der Waals surface area contributed by atoms with Gasteiger partial charge in [-0.2, -0.15) is 0 Å². The molecule has 1 aliphatic rings. The maximum Gasteiger partial charge on any atom is 0.192 e. The minimum Gasteiger partial charge on any atom is -0.318 e. The zero-order chi connectivity index (χ0) is 14.1. The molecular formula is C16H15N3O. The summed E-state index contributed by atoms with van der Waals surface area (Å²) >= 11 is 0. The Kier molecular flexibility index (Phi) is 3.18. The van der Waals surface area contributed by atoms with Gasteiger partial charge in [-0.3, -0.25) is 9.79 Å². The van der Waals surface area contributed by atoms with Crippen molar-refractivity contribution in [2.45, 2.75) is 12.2 Å². The molecule has 0 aromatic heterocycles. The van der Waals surface area contributed by atoms with Crippen LogP contribution >= 0.6 is 0 Å². The van der Waals surface area contributed by atoms with Gasteiger partial charge in [-0.25, -0.2) is 0 Å². The van der Waals surface area contributed by atoms with Crippen LogP contribution in [0.5, 0.6) is 0 Å². The number of nitrogens with two attached hydrogens (primary N) is 2. The van der Waals surface area contributed by atoms with Crippen LogP contribution in [0.3, 0.4) is 0 Å². The number of ketones is 1. The minimum atomic E-state index is -0.924. The number of rotatable bonds is 1. The highest BCUT2D eigenvalue weighted by molar-refractivity contribution is 6.16. The highest BCUT2D eigenvalue weighted by Crippen LogP contribution is 2.25. The van der Waals surface area contributed by atoms with Crippen molar-refractivity contribution >= 4 is 11.5 Å². The number of aliphatic imine (C=N–C) groups is 1. The first kappa shape index (κ1) is 12.7. The van der Waals surface area contributed by atoms with Crippen molar-refractivity contribution in [2.24, 2.45) is 16.5 Å². The third-order valence-corrected chi connectivity index (χ3v) is 3.46. The second-order valence-electron chi connectivity index (χ2n) is 4.76. The van der Waals surface area contributed by atoms with Crippen LogP contribution in [0.25, 0.3) is 0 Å². The van der Waals surface area contributed by atoms with E-state index in [-0.39, 0.29) is 5.78 Å². The Morgan fingerprint density at radius 3 is 2.30 bits per heavy atom. The van der Waals surface area contributed by atoms with E-state index in [0.717, 1.165) is 22.4 Å². The number of fused-ring (bicyclic) bond motifs is 1. The molecule has 0 fully saturated rings. The van der Waals surface area contributed by atoms with Crippen LogP contribution in [0.2, 0.25) is 0 Å². The molecule has 2 atom stereocenters. The number of nitrogens with zero attached hydrogens (tertiary/aromatic N) is 1. The molecule has 0 amide bonds. The molecule has 1 unspecified atom stereocenters. The average Bonchev–Trinajstić information content (AvgIpc) is 2.60. The van der Waals surface area contributed by atoms with E-state index >= 15 is 0 Å². The summed E-state index contributed by atoms with van der Waals surface area (Å²) in [5, 5.41) is 0. The summed E-state index contributed by atoms with van der Waals surface area (Å²) in [7, 11) is 0. The lowest BCUT2D eigenvalue weighted by Gasteiger charge is -2.13. The Morgan fingerprint density at radius 2 is 1.55 bits per heavy atom. The van der Waals surface area contributed by atoms with E-state index in [2.05, 4.69) is 4.99 Å². The van der Waals surface area contributed by atoms with Gasteiger partial charge in [0.1, 0.15) is 0 Å².